The van der Waals surface area contributed by atoms with E-state index in [0.29, 0.717) is 0 Å². The second kappa shape index (κ2) is 8.22. The monoisotopic (exact) mass is 293 g/mol. The summed E-state index contributed by atoms with van der Waals surface area (Å²) < 4.78 is 10.7. The molecule has 1 aliphatic rings. The van der Waals surface area contributed by atoms with E-state index in [1.165, 1.54) is 5.56 Å². The summed E-state index contributed by atoms with van der Waals surface area (Å²) in [6.45, 7) is 7.55. The summed E-state index contributed by atoms with van der Waals surface area (Å²) in [7, 11) is 5.56. The maximum atomic E-state index is 5.44. The van der Waals surface area contributed by atoms with Crippen molar-refractivity contribution in [3.63, 3.8) is 0 Å². The Balaban J connectivity index is 1.87. The maximum absolute atomic E-state index is 5.44. The molecule has 1 N–H and O–H groups in total. The van der Waals surface area contributed by atoms with Gasteiger partial charge >= 0.3 is 0 Å². The summed E-state index contributed by atoms with van der Waals surface area (Å²) in [5.41, 5.74) is 1.17. The molecule has 0 saturated carbocycles. The normalized spacial score (nSPS) is 16.2. The van der Waals surface area contributed by atoms with Crippen molar-refractivity contribution >= 4 is 0 Å². The van der Waals surface area contributed by atoms with Crippen molar-refractivity contribution in [3.05, 3.63) is 23.8 Å². The molecular weight excluding hydrogens is 266 g/mol. The SMILES string of the molecule is COc1ccc(OC)c(CN(C)CCN2CCNCC2)c1. The van der Waals surface area contributed by atoms with Crippen LogP contribution >= 0.6 is 0 Å². The van der Waals surface area contributed by atoms with Gasteiger partial charge in [-0.2, -0.15) is 0 Å². The molecule has 1 aromatic rings. The zero-order chi connectivity index (χ0) is 15.1. The Bertz CT molecular complexity index is 434. The first-order chi connectivity index (χ1) is 10.2. The molecule has 0 unspecified atom stereocenters. The number of benzene rings is 1. The highest BCUT2D eigenvalue weighted by molar-refractivity contribution is 5.40. The number of likely N-dealkylation sites (N-methyl/N-ethyl adjacent to an activating group) is 1. The highest BCUT2D eigenvalue weighted by atomic mass is 16.5. The van der Waals surface area contributed by atoms with Crippen LogP contribution in [0.15, 0.2) is 18.2 Å². The first kappa shape index (κ1) is 16.1. The van der Waals surface area contributed by atoms with E-state index in [1.807, 2.05) is 12.1 Å². The number of nitrogens with zero attached hydrogens (tertiary/aromatic N) is 2. The molecule has 5 nitrogen and oxygen atoms in total. The highest BCUT2D eigenvalue weighted by Crippen LogP contribution is 2.24. The van der Waals surface area contributed by atoms with Crippen molar-refractivity contribution in [2.75, 3.05) is 60.5 Å². The van der Waals surface area contributed by atoms with Crippen molar-refractivity contribution in [1.82, 2.24) is 15.1 Å². The van der Waals surface area contributed by atoms with Crippen molar-refractivity contribution < 1.29 is 9.47 Å². The lowest BCUT2D eigenvalue weighted by Crippen LogP contribution is -2.45. The molecule has 0 amide bonds. The Morgan fingerprint density at radius 1 is 1.19 bits per heavy atom. The summed E-state index contributed by atoms with van der Waals surface area (Å²) in [6, 6.07) is 5.96. The minimum atomic E-state index is 0.868. The maximum Gasteiger partial charge on any atom is 0.123 e. The van der Waals surface area contributed by atoms with E-state index in [-0.39, 0.29) is 0 Å². The molecule has 0 radical (unpaired) electrons. The summed E-state index contributed by atoms with van der Waals surface area (Å²) in [6.07, 6.45) is 0. The minimum absolute atomic E-state index is 0.868. The van der Waals surface area contributed by atoms with E-state index in [1.54, 1.807) is 14.2 Å². The molecule has 1 heterocycles. The van der Waals surface area contributed by atoms with Crippen molar-refractivity contribution in [2.45, 2.75) is 6.54 Å². The molecule has 0 spiro atoms. The van der Waals surface area contributed by atoms with Gasteiger partial charge in [0.25, 0.3) is 0 Å². The van der Waals surface area contributed by atoms with Crippen molar-refractivity contribution in [2.24, 2.45) is 0 Å². The van der Waals surface area contributed by atoms with Gasteiger partial charge in [0.1, 0.15) is 11.5 Å². The zero-order valence-electron chi connectivity index (χ0n) is 13.4. The molecule has 0 aromatic heterocycles. The molecule has 1 aromatic carbocycles. The third-order valence-electron chi connectivity index (χ3n) is 3.94. The van der Waals surface area contributed by atoms with Crippen LogP contribution in [0.25, 0.3) is 0 Å². The fourth-order valence-corrected chi connectivity index (χ4v) is 2.62. The largest absolute Gasteiger partial charge is 0.497 e. The van der Waals surface area contributed by atoms with Gasteiger partial charge in [0.15, 0.2) is 0 Å². The van der Waals surface area contributed by atoms with E-state index >= 15 is 0 Å². The van der Waals surface area contributed by atoms with Gasteiger partial charge in [0, 0.05) is 51.4 Å². The molecule has 1 aliphatic heterocycles. The molecule has 5 heteroatoms. The average Bonchev–Trinajstić information content (AvgIpc) is 2.54. The van der Waals surface area contributed by atoms with Gasteiger partial charge in [0.05, 0.1) is 14.2 Å². The molecule has 0 atom stereocenters. The van der Waals surface area contributed by atoms with Gasteiger partial charge in [0.2, 0.25) is 0 Å². The Morgan fingerprint density at radius 3 is 2.62 bits per heavy atom. The quantitative estimate of drug-likeness (QED) is 0.813. The molecule has 0 bridgehead atoms. The van der Waals surface area contributed by atoms with Crippen LogP contribution in [0.1, 0.15) is 5.56 Å². The van der Waals surface area contributed by atoms with Crippen LogP contribution in [0, 0.1) is 0 Å². The van der Waals surface area contributed by atoms with E-state index in [0.717, 1.165) is 57.3 Å². The van der Waals surface area contributed by atoms with E-state index < -0.39 is 0 Å². The number of rotatable bonds is 7. The zero-order valence-corrected chi connectivity index (χ0v) is 13.4. The fourth-order valence-electron chi connectivity index (χ4n) is 2.62. The lowest BCUT2D eigenvalue weighted by Gasteiger charge is -2.29. The number of ether oxygens (including phenoxy) is 2. The average molecular weight is 293 g/mol. The second-order valence-electron chi connectivity index (χ2n) is 5.51. The predicted octanol–water partition coefficient (Wildman–Crippen LogP) is 1.04. The van der Waals surface area contributed by atoms with Crippen LogP contribution in [0.5, 0.6) is 11.5 Å². The second-order valence-corrected chi connectivity index (χ2v) is 5.51. The van der Waals surface area contributed by atoms with Crippen LogP contribution in [-0.4, -0.2) is 70.3 Å². The predicted molar refractivity (Wildman–Crippen MR) is 85.2 cm³/mol. The Kier molecular flexibility index (Phi) is 6.29. The summed E-state index contributed by atoms with van der Waals surface area (Å²) in [5.74, 6) is 1.80. The number of methoxy groups -OCH3 is 2. The molecule has 1 fully saturated rings. The lowest BCUT2D eigenvalue weighted by atomic mass is 10.1. The third-order valence-corrected chi connectivity index (χ3v) is 3.94. The Labute approximate surface area is 127 Å². The molecule has 118 valence electrons. The van der Waals surface area contributed by atoms with E-state index in [4.69, 9.17) is 9.47 Å². The highest BCUT2D eigenvalue weighted by Gasteiger charge is 2.12. The topological polar surface area (TPSA) is 37.0 Å². The standard InChI is InChI=1S/C16H27N3O2/c1-18(10-11-19-8-6-17-7-9-19)13-14-12-15(20-2)4-5-16(14)21-3/h4-5,12,17H,6-11,13H2,1-3H3. The fraction of sp³-hybridized carbons (Fsp3) is 0.625. The smallest absolute Gasteiger partial charge is 0.123 e. The number of hydrogen-bond donors (Lipinski definition) is 1. The number of nitrogens with one attached hydrogen (secondary N) is 1. The van der Waals surface area contributed by atoms with Crippen LogP contribution in [-0.2, 0) is 6.54 Å². The van der Waals surface area contributed by atoms with Crippen molar-refractivity contribution in [1.29, 1.82) is 0 Å². The summed E-state index contributed by atoms with van der Waals surface area (Å²) in [4.78, 5) is 4.84. The molecule has 21 heavy (non-hydrogen) atoms. The summed E-state index contributed by atoms with van der Waals surface area (Å²) >= 11 is 0. The van der Waals surface area contributed by atoms with Crippen molar-refractivity contribution in [3.8, 4) is 11.5 Å². The van der Waals surface area contributed by atoms with Gasteiger partial charge in [-0.15, -0.1) is 0 Å². The Hall–Kier alpha value is -1.30. The van der Waals surface area contributed by atoms with Crippen LogP contribution < -0.4 is 14.8 Å². The Morgan fingerprint density at radius 2 is 1.95 bits per heavy atom. The first-order valence-electron chi connectivity index (χ1n) is 7.55. The van der Waals surface area contributed by atoms with Crippen LogP contribution in [0.2, 0.25) is 0 Å². The van der Waals surface area contributed by atoms with Gasteiger partial charge in [-0.1, -0.05) is 0 Å². The van der Waals surface area contributed by atoms with E-state index in [2.05, 4.69) is 28.2 Å². The van der Waals surface area contributed by atoms with Crippen LogP contribution in [0.3, 0.4) is 0 Å². The number of piperazine rings is 1. The minimum Gasteiger partial charge on any atom is -0.497 e. The lowest BCUT2D eigenvalue weighted by molar-refractivity contribution is 0.201. The molecule has 0 aliphatic carbocycles. The van der Waals surface area contributed by atoms with Gasteiger partial charge in [-0.3, -0.25) is 4.90 Å². The first-order valence-corrected chi connectivity index (χ1v) is 7.55. The van der Waals surface area contributed by atoms with Gasteiger partial charge in [-0.25, -0.2) is 0 Å². The van der Waals surface area contributed by atoms with E-state index in [9.17, 15) is 0 Å². The molecule has 2 rings (SSSR count). The number of hydrogen-bond acceptors (Lipinski definition) is 5. The third kappa shape index (κ3) is 4.88. The summed E-state index contributed by atoms with van der Waals surface area (Å²) in [5, 5.41) is 3.38. The molecular formula is C16H27N3O2. The van der Waals surface area contributed by atoms with Gasteiger partial charge < -0.3 is 19.7 Å². The van der Waals surface area contributed by atoms with Gasteiger partial charge in [-0.05, 0) is 25.2 Å². The molecule has 1 saturated heterocycles. The van der Waals surface area contributed by atoms with Crippen LogP contribution in [0.4, 0.5) is 0 Å².